The summed E-state index contributed by atoms with van der Waals surface area (Å²) in [6.45, 7) is 5.88. The van der Waals surface area contributed by atoms with Crippen molar-refractivity contribution in [1.29, 1.82) is 0 Å². The number of carbonyl (C=O) groups excluding carboxylic acids is 1. The predicted octanol–water partition coefficient (Wildman–Crippen LogP) is 1.40. The van der Waals surface area contributed by atoms with Crippen molar-refractivity contribution in [3.05, 3.63) is 27.9 Å². The Morgan fingerprint density at radius 1 is 1.52 bits per heavy atom. The molecule has 0 aromatic carbocycles. The van der Waals surface area contributed by atoms with Crippen molar-refractivity contribution in [3.8, 4) is 0 Å². The van der Waals surface area contributed by atoms with Gasteiger partial charge in [-0.05, 0) is 26.2 Å². The molecule has 1 aromatic rings. The van der Waals surface area contributed by atoms with Crippen molar-refractivity contribution in [3.63, 3.8) is 0 Å². The van der Waals surface area contributed by atoms with Crippen molar-refractivity contribution >= 4 is 5.91 Å². The van der Waals surface area contributed by atoms with E-state index in [2.05, 4.69) is 29.1 Å². The number of amides is 1. The van der Waals surface area contributed by atoms with Crippen LogP contribution in [-0.2, 0) is 4.74 Å². The van der Waals surface area contributed by atoms with Crippen LogP contribution in [0.4, 0.5) is 0 Å². The maximum Gasteiger partial charge on any atom is 0.263 e. The van der Waals surface area contributed by atoms with Crippen LogP contribution in [0.2, 0.25) is 0 Å². The molecule has 116 valence electrons. The molecule has 0 aliphatic heterocycles. The van der Waals surface area contributed by atoms with Gasteiger partial charge < -0.3 is 15.0 Å². The van der Waals surface area contributed by atoms with Crippen LogP contribution in [0.15, 0.2) is 11.1 Å². The van der Waals surface area contributed by atoms with E-state index in [4.69, 9.17) is 4.74 Å². The van der Waals surface area contributed by atoms with Gasteiger partial charge in [0.15, 0.2) is 0 Å². The first-order valence-corrected chi connectivity index (χ1v) is 7.38. The highest BCUT2D eigenvalue weighted by Crippen LogP contribution is 2.48. The standard InChI is InChI=1S/C15H23N3O3/c1-5-15(6-2)10(7-11(15)21-4)18-14(20)12-9(3)16-8-17-13(12)19/h8,10-11H,5-7H2,1-4H3,(H,18,20)(H,16,17,19). The Morgan fingerprint density at radius 2 is 2.19 bits per heavy atom. The fourth-order valence-electron chi connectivity index (χ4n) is 3.47. The number of methoxy groups -OCH3 is 1. The molecule has 1 saturated carbocycles. The Bertz CT molecular complexity index is 578. The molecule has 1 aliphatic rings. The van der Waals surface area contributed by atoms with Gasteiger partial charge in [0, 0.05) is 18.6 Å². The number of aryl methyl sites for hydroxylation is 1. The molecule has 6 nitrogen and oxygen atoms in total. The highest BCUT2D eigenvalue weighted by molar-refractivity contribution is 5.95. The predicted molar refractivity (Wildman–Crippen MR) is 79.3 cm³/mol. The molecule has 2 N–H and O–H groups in total. The van der Waals surface area contributed by atoms with Gasteiger partial charge in [-0.1, -0.05) is 13.8 Å². The van der Waals surface area contributed by atoms with E-state index < -0.39 is 5.56 Å². The van der Waals surface area contributed by atoms with Crippen molar-refractivity contribution in [2.75, 3.05) is 7.11 Å². The lowest BCUT2D eigenvalue weighted by atomic mass is 9.58. The Hall–Kier alpha value is -1.69. The minimum atomic E-state index is -0.402. The molecular formula is C15H23N3O3. The van der Waals surface area contributed by atoms with Gasteiger partial charge in [0.2, 0.25) is 0 Å². The van der Waals surface area contributed by atoms with E-state index in [9.17, 15) is 9.59 Å². The molecule has 1 aromatic heterocycles. The number of aromatic nitrogens is 2. The molecule has 2 unspecified atom stereocenters. The van der Waals surface area contributed by atoms with E-state index >= 15 is 0 Å². The van der Waals surface area contributed by atoms with Gasteiger partial charge in [-0.25, -0.2) is 4.98 Å². The summed E-state index contributed by atoms with van der Waals surface area (Å²) < 4.78 is 5.52. The summed E-state index contributed by atoms with van der Waals surface area (Å²) in [6, 6.07) is 0.0314. The molecule has 0 spiro atoms. The van der Waals surface area contributed by atoms with E-state index in [1.807, 2.05) is 0 Å². The number of nitrogens with one attached hydrogen (secondary N) is 2. The van der Waals surface area contributed by atoms with Gasteiger partial charge in [0.25, 0.3) is 11.5 Å². The van der Waals surface area contributed by atoms with E-state index in [-0.39, 0.29) is 29.0 Å². The first-order valence-electron chi connectivity index (χ1n) is 7.38. The molecule has 1 aliphatic carbocycles. The molecule has 2 rings (SSSR count). The van der Waals surface area contributed by atoms with Crippen LogP contribution in [0.5, 0.6) is 0 Å². The third-order valence-corrected chi connectivity index (χ3v) is 4.96. The monoisotopic (exact) mass is 293 g/mol. The second-order valence-corrected chi connectivity index (χ2v) is 5.62. The third kappa shape index (κ3) is 2.48. The zero-order valence-corrected chi connectivity index (χ0v) is 13.0. The topological polar surface area (TPSA) is 84.1 Å². The zero-order chi connectivity index (χ0) is 15.6. The zero-order valence-electron chi connectivity index (χ0n) is 13.0. The van der Waals surface area contributed by atoms with Crippen molar-refractivity contribution < 1.29 is 9.53 Å². The van der Waals surface area contributed by atoms with Gasteiger partial charge in [-0.15, -0.1) is 0 Å². The van der Waals surface area contributed by atoms with E-state index in [0.717, 1.165) is 19.3 Å². The summed E-state index contributed by atoms with van der Waals surface area (Å²) in [6.07, 6.45) is 4.10. The molecule has 1 fully saturated rings. The Kier molecular flexibility index (Phi) is 4.46. The lowest BCUT2D eigenvalue weighted by Gasteiger charge is -2.55. The normalized spacial score (nSPS) is 23.4. The van der Waals surface area contributed by atoms with Gasteiger partial charge in [0.1, 0.15) is 5.56 Å². The van der Waals surface area contributed by atoms with Gasteiger partial charge >= 0.3 is 0 Å². The summed E-state index contributed by atoms with van der Waals surface area (Å²) >= 11 is 0. The van der Waals surface area contributed by atoms with Crippen LogP contribution in [0.25, 0.3) is 0 Å². The minimum absolute atomic E-state index is 0.0314. The number of hydrogen-bond acceptors (Lipinski definition) is 4. The number of carbonyl (C=O) groups is 1. The first kappa shape index (κ1) is 15.7. The molecule has 1 amide bonds. The van der Waals surface area contributed by atoms with Crippen molar-refractivity contribution in [2.24, 2.45) is 5.41 Å². The highest BCUT2D eigenvalue weighted by Gasteiger charge is 2.53. The van der Waals surface area contributed by atoms with Gasteiger partial charge in [-0.3, -0.25) is 9.59 Å². The largest absolute Gasteiger partial charge is 0.381 e. The average Bonchev–Trinajstić information content (AvgIpc) is 2.44. The molecule has 1 heterocycles. The third-order valence-electron chi connectivity index (χ3n) is 4.96. The number of aromatic amines is 1. The Balaban J connectivity index is 2.19. The number of ether oxygens (including phenoxy) is 1. The van der Waals surface area contributed by atoms with Gasteiger partial charge in [0.05, 0.1) is 18.1 Å². The second kappa shape index (κ2) is 5.97. The molecule has 21 heavy (non-hydrogen) atoms. The Morgan fingerprint density at radius 3 is 2.71 bits per heavy atom. The molecule has 2 atom stereocenters. The summed E-state index contributed by atoms with van der Waals surface area (Å²) in [5, 5.41) is 2.99. The van der Waals surface area contributed by atoms with E-state index in [1.165, 1.54) is 6.33 Å². The fraction of sp³-hybridized carbons (Fsp3) is 0.667. The number of rotatable bonds is 5. The molecule has 0 saturated heterocycles. The average molecular weight is 293 g/mol. The fourth-order valence-corrected chi connectivity index (χ4v) is 3.47. The van der Waals surface area contributed by atoms with Gasteiger partial charge in [-0.2, -0.15) is 0 Å². The SMILES string of the molecule is CCC1(CC)C(NC(=O)c2c(C)nc[nH]c2=O)CC1OC. The lowest BCUT2D eigenvalue weighted by molar-refractivity contribution is -0.120. The number of H-pyrrole nitrogens is 1. The van der Waals surface area contributed by atoms with Crippen LogP contribution in [0.1, 0.15) is 49.2 Å². The molecule has 0 radical (unpaired) electrons. The van der Waals surface area contributed by atoms with Crippen LogP contribution < -0.4 is 10.9 Å². The van der Waals surface area contributed by atoms with E-state index in [1.54, 1.807) is 14.0 Å². The highest BCUT2D eigenvalue weighted by atomic mass is 16.5. The molecular weight excluding hydrogens is 270 g/mol. The first-order chi connectivity index (χ1) is 10.00. The number of nitrogens with zero attached hydrogens (tertiary/aromatic N) is 1. The quantitative estimate of drug-likeness (QED) is 0.859. The van der Waals surface area contributed by atoms with Crippen molar-refractivity contribution in [2.45, 2.75) is 52.2 Å². The summed E-state index contributed by atoms with van der Waals surface area (Å²) in [4.78, 5) is 30.6. The van der Waals surface area contributed by atoms with Crippen LogP contribution >= 0.6 is 0 Å². The maximum absolute atomic E-state index is 12.4. The van der Waals surface area contributed by atoms with Crippen LogP contribution in [0.3, 0.4) is 0 Å². The Labute approximate surface area is 124 Å². The van der Waals surface area contributed by atoms with E-state index in [0.29, 0.717) is 5.69 Å². The van der Waals surface area contributed by atoms with Crippen molar-refractivity contribution in [1.82, 2.24) is 15.3 Å². The van der Waals surface area contributed by atoms with Crippen LogP contribution in [0, 0.1) is 12.3 Å². The smallest absolute Gasteiger partial charge is 0.263 e. The molecule has 0 bridgehead atoms. The second-order valence-electron chi connectivity index (χ2n) is 5.62. The summed E-state index contributed by atoms with van der Waals surface area (Å²) in [7, 11) is 1.71. The minimum Gasteiger partial charge on any atom is -0.381 e. The maximum atomic E-state index is 12.4. The summed E-state index contributed by atoms with van der Waals surface area (Å²) in [5.74, 6) is -0.354. The summed E-state index contributed by atoms with van der Waals surface area (Å²) in [5.41, 5.74) is 0.0888. The number of hydrogen-bond donors (Lipinski definition) is 2. The molecule has 6 heteroatoms. The lowest BCUT2D eigenvalue weighted by Crippen LogP contribution is -2.64. The van der Waals surface area contributed by atoms with Crippen LogP contribution in [-0.4, -0.2) is 35.1 Å².